The number of ether oxygens (including phenoxy) is 1. The van der Waals surface area contributed by atoms with Crippen LogP contribution in [0.2, 0.25) is 5.02 Å². The number of halogens is 1. The van der Waals surface area contributed by atoms with Gasteiger partial charge in [-0.15, -0.1) is 11.3 Å². The molecular formula is C25H25ClN4O3S. The highest BCUT2D eigenvalue weighted by Gasteiger charge is 2.21. The van der Waals surface area contributed by atoms with Gasteiger partial charge in [0.05, 0.1) is 11.4 Å². The van der Waals surface area contributed by atoms with Gasteiger partial charge in [0.2, 0.25) is 5.88 Å². The minimum Gasteiger partial charge on any atom is -0.472 e. The summed E-state index contributed by atoms with van der Waals surface area (Å²) in [6, 6.07) is 9.45. The van der Waals surface area contributed by atoms with Gasteiger partial charge in [0.25, 0.3) is 5.56 Å². The molecule has 0 bridgehead atoms. The van der Waals surface area contributed by atoms with Crippen molar-refractivity contribution >= 4 is 22.9 Å². The van der Waals surface area contributed by atoms with Gasteiger partial charge in [-0.05, 0) is 63.8 Å². The van der Waals surface area contributed by atoms with Crippen LogP contribution in [0.25, 0.3) is 16.9 Å². The fourth-order valence-electron chi connectivity index (χ4n) is 3.51. The molecule has 0 atom stereocenters. The van der Waals surface area contributed by atoms with Crippen LogP contribution in [-0.4, -0.2) is 24.6 Å². The second-order valence-corrected chi connectivity index (χ2v) is 10.1. The molecule has 0 aliphatic heterocycles. The highest BCUT2D eigenvalue weighted by atomic mass is 35.5. The predicted molar refractivity (Wildman–Crippen MR) is 134 cm³/mol. The topological polar surface area (TPSA) is 90.1 Å². The molecule has 1 aromatic carbocycles. The molecule has 0 spiro atoms. The van der Waals surface area contributed by atoms with Crippen LogP contribution in [0.1, 0.15) is 41.5 Å². The van der Waals surface area contributed by atoms with Crippen LogP contribution in [0, 0.1) is 20.8 Å². The standard InChI is InChI=1S/C25H25ClN4O3S/c1-14-6-7-18(19-8-9-27-24(29-19)25(4,5)32)11-20(14)30-16(3)28-22(21(26)23(30)31)33-12-17-10-15(2)34-13-17/h6-11,13,32H,12H2,1-5H3. The Balaban J connectivity index is 1.73. The first-order chi connectivity index (χ1) is 16.0. The molecule has 34 heavy (non-hydrogen) atoms. The van der Waals surface area contributed by atoms with E-state index < -0.39 is 11.2 Å². The van der Waals surface area contributed by atoms with Gasteiger partial charge in [0.1, 0.15) is 18.0 Å². The van der Waals surface area contributed by atoms with E-state index in [1.54, 1.807) is 44.4 Å². The van der Waals surface area contributed by atoms with Crippen molar-refractivity contribution in [3.05, 3.63) is 84.9 Å². The minimum atomic E-state index is -1.17. The van der Waals surface area contributed by atoms with E-state index in [9.17, 15) is 9.90 Å². The lowest BCUT2D eigenvalue weighted by Crippen LogP contribution is -2.24. The molecule has 9 heteroatoms. The summed E-state index contributed by atoms with van der Waals surface area (Å²) < 4.78 is 7.24. The largest absolute Gasteiger partial charge is 0.472 e. The van der Waals surface area contributed by atoms with E-state index in [4.69, 9.17) is 16.3 Å². The van der Waals surface area contributed by atoms with E-state index in [-0.39, 0.29) is 17.5 Å². The van der Waals surface area contributed by atoms with Crippen molar-refractivity contribution in [2.24, 2.45) is 0 Å². The Morgan fingerprint density at radius 3 is 2.59 bits per heavy atom. The van der Waals surface area contributed by atoms with Crippen LogP contribution in [0.15, 0.2) is 46.7 Å². The molecule has 0 saturated heterocycles. The molecule has 7 nitrogen and oxygen atoms in total. The van der Waals surface area contributed by atoms with Gasteiger partial charge < -0.3 is 9.84 Å². The minimum absolute atomic E-state index is 0.0753. The Bertz CT molecular complexity index is 1420. The van der Waals surface area contributed by atoms with Gasteiger partial charge in [-0.3, -0.25) is 9.36 Å². The van der Waals surface area contributed by atoms with Crippen molar-refractivity contribution in [3.8, 4) is 22.8 Å². The number of rotatable bonds is 6. The molecular weight excluding hydrogens is 472 g/mol. The summed E-state index contributed by atoms with van der Waals surface area (Å²) in [5.41, 5.74) is 2.32. The second-order valence-electron chi connectivity index (χ2n) is 8.60. The summed E-state index contributed by atoms with van der Waals surface area (Å²) in [5.74, 6) is 0.877. The zero-order chi connectivity index (χ0) is 24.6. The van der Waals surface area contributed by atoms with E-state index in [0.717, 1.165) is 16.7 Å². The average molecular weight is 497 g/mol. The fraction of sp³-hybridized carbons (Fsp3) is 0.280. The molecule has 3 heterocycles. The molecule has 3 aromatic heterocycles. The third-order valence-electron chi connectivity index (χ3n) is 5.27. The van der Waals surface area contributed by atoms with E-state index in [1.165, 1.54) is 9.44 Å². The average Bonchev–Trinajstić information content (AvgIpc) is 3.21. The summed E-state index contributed by atoms with van der Waals surface area (Å²) in [7, 11) is 0. The number of hydrogen-bond donors (Lipinski definition) is 1. The molecule has 0 saturated carbocycles. The predicted octanol–water partition coefficient (Wildman–Crippen LogP) is 5.14. The van der Waals surface area contributed by atoms with Gasteiger partial charge in [0, 0.05) is 22.2 Å². The number of thiophene rings is 1. The normalized spacial score (nSPS) is 11.6. The third kappa shape index (κ3) is 4.89. The van der Waals surface area contributed by atoms with Crippen molar-refractivity contribution in [3.63, 3.8) is 0 Å². The Kier molecular flexibility index (Phi) is 6.58. The van der Waals surface area contributed by atoms with E-state index in [0.29, 0.717) is 23.0 Å². The van der Waals surface area contributed by atoms with Crippen LogP contribution >= 0.6 is 22.9 Å². The Morgan fingerprint density at radius 1 is 1.15 bits per heavy atom. The number of aliphatic hydroxyl groups is 1. The smallest absolute Gasteiger partial charge is 0.280 e. The first kappa shape index (κ1) is 24.1. The lowest BCUT2D eigenvalue weighted by Gasteiger charge is -2.17. The number of benzene rings is 1. The van der Waals surface area contributed by atoms with Crippen LogP contribution < -0.4 is 10.3 Å². The van der Waals surface area contributed by atoms with Crippen molar-refractivity contribution in [2.75, 3.05) is 0 Å². The number of aromatic nitrogens is 4. The zero-order valence-electron chi connectivity index (χ0n) is 19.6. The maximum Gasteiger partial charge on any atom is 0.280 e. The van der Waals surface area contributed by atoms with Crippen LogP contribution in [0.5, 0.6) is 5.88 Å². The Morgan fingerprint density at radius 2 is 1.91 bits per heavy atom. The third-order valence-corrected chi connectivity index (χ3v) is 6.51. The maximum absolute atomic E-state index is 13.3. The summed E-state index contributed by atoms with van der Waals surface area (Å²) in [6.45, 7) is 9.21. The SMILES string of the molecule is Cc1cc(COc2nc(C)n(-c3cc(-c4ccnc(C(C)(C)O)n4)ccc3C)c(=O)c2Cl)cs1. The Hall–Kier alpha value is -3.07. The van der Waals surface area contributed by atoms with E-state index in [2.05, 4.69) is 15.0 Å². The van der Waals surface area contributed by atoms with Crippen molar-refractivity contribution in [1.29, 1.82) is 0 Å². The number of aryl methyl sites for hydroxylation is 3. The molecule has 0 aliphatic carbocycles. The van der Waals surface area contributed by atoms with Crippen LogP contribution in [-0.2, 0) is 12.2 Å². The lowest BCUT2D eigenvalue weighted by molar-refractivity contribution is 0.0688. The summed E-state index contributed by atoms with van der Waals surface area (Å²) >= 11 is 8.04. The van der Waals surface area contributed by atoms with Crippen molar-refractivity contribution < 1.29 is 9.84 Å². The van der Waals surface area contributed by atoms with Crippen LogP contribution in [0.3, 0.4) is 0 Å². The summed E-state index contributed by atoms with van der Waals surface area (Å²) in [4.78, 5) is 27.6. The Labute approximate surface area is 206 Å². The van der Waals surface area contributed by atoms with Gasteiger partial charge in [0.15, 0.2) is 10.8 Å². The number of nitrogens with zero attached hydrogens (tertiary/aromatic N) is 4. The molecule has 176 valence electrons. The van der Waals surface area contributed by atoms with E-state index >= 15 is 0 Å². The van der Waals surface area contributed by atoms with Gasteiger partial charge in [-0.25, -0.2) is 9.97 Å². The molecule has 4 rings (SSSR count). The van der Waals surface area contributed by atoms with Gasteiger partial charge >= 0.3 is 0 Å². The maximum atomic E-state index is 13.3. The summed E-state index contributed by atoms with van der Waals surface area (Å²) in [6.07, 6.45) is 1.60. The highest BCUT2D eigenvalue weighted by Crippen LogP contribution is 2.27. The lowest BCUT2D eigenvalue weighted by atomic mass is 10.1. The fourth-order valence-corrected chi connectivity index (χ4v) is 4.39. The molecule has 0 fully saturated rings. The molecule has 0 radical (unpaired) electrons. The van der Waals surface area contributed by atoms with Crippen LogP contribution in [0.4, 0.5) is 0 Å². The van der Waals surface area contributed by atoms with Crippen molar-refractivity contribution in [1.82, 2.24) is 19.5 Å². The molecule has 1 N–H and O–H groups in total. The summed E-state index contributed by atoms with van der Waals surface area (Å²) in [5, 5.41) is 12.2. The quantitative estimate of drug-likeness (QED) is 0.397. The second kappa shape index (κ2) is 9.29. The monoisotopic (exact) mass is 496 g/mol. The molecule has 0 aliphatic rings. The first-order valence-electron chi connectivity index (χ1n) is 10.7. The molecule has 0 amide bonds. The van der Waals surface area contributed by atoms with Gasteiger partial charge in [-0.1, -0.05) is 23.7 Å². The van der Waals surface area contributed by atoms with E-state index in [1.807, 2.05) is 43.5 Å². The molecule has 0 unspecified atom stereocenters. The number of hydrogen-bond acceptors (Lipinski definition) is 7. The first-order valence-corrected chi connectivity index (χ1v) is 11.9. The molecule has 4 aromatic rings. The van der Waals surface area contributed by atoms with Gasteiger partial charge in [-0.2, -0.15) is 4.98 Å². The van der Waals surface area contributed by atoms with Crippen molar-refractivity contribution in [2.45, 2.75) is 46.8 Å². The zero-order valence-corrected chi connectivity index (χ0v) is 21.2. The highest BCUT2D eigenvalue weighted by molar-refractivity contribution is 7.10.